The van der Waals surface area contributed by atoms with E-state index in [9.17, 15) is 9.59 Å². The summed E-state index contributed by atoms with van der Waals surface area (Å²) in [6.45, 7) is 9.98. The van der Waals surface area contributed by atoms with Crippen molar-refractivity contribution >= 4 is 11.9 Å². The smallest absolute Gasteiger partial charge is 0.306 e. The minimum atomic E-state index is -0.236. The first-order valence-electron chi connectivity index (χ1n) is 7.79. The molecule has 0 spiro atoms. The normalized spacial score (nSPS) is 13.9. The van der Waals surface area contributed by atoms with Gasteiger partial charge in [-0.3, -0.25) is 9.59 Å². The van der Waals surface area contributed by atoms with Gasteiger partial charge in [-0.2, -0.15) is 0 Å². The zero-order valence-corrected chi connectivity index (χ0v) is 13.6. The van der Waals surface area contributed by atoms with E-state index in [0.717, 1.165) is 19.3 Å². The van der Waals surface area contributed by atoms with Crippen molar-refractivity contribution in [3.8, 4) is 0 Å². The number of carbonyl (C=O) groups excluding carboxylic acids is 2. The highest BCUT2D eigenvalue weighted by molar-refractivity contribution is 5.72. The molecule has 4 heteroatoms. The molecule has 0 rings (SSSR count). The van der Waals surface area contributed by atoms with Gasteiger partial charge in [-0.05, 0) is 32.1 Å². The molecule has 0 N–H and O–H groups in total. The maximum absolute atomic E-state index is 11.6. The van der Waals surface area contributed by atoms with Gasteiger partial charge in [0.05, 0.1) is 0 Å². The minimum absolute atomic E-state index is 0.0143. The van der Waals surface area contributed by atoms with Gasteiger partial charge in [-0.25, -0.2) is 0 Å². The van der Waals surface area contributed by atoms with Gasteiger partial charge in [0.1, 0.15) is 12.2 Å². The van der Waals surface area contributed by atoms with Crippen LogP contribution in [-0.2, 0) is 19.1 Å². The first-order chi connectivity index (χ1) is 9.40. The van der Waals surface area contributed by atoms with Gasteiger partial charge in [0.2, 0.25) is 0 Å². The highest BCUT2D eigenvalue weighted by Crippen LogP contribution is 2.11. The van der Waals surface area contributed by atoms with Crippen LogP contribution in [-0.4, -0.2) is 24.1 Å². The van der Waals surface area contributed by atoms with Crippen LogP contribution in [0.25, 0.3) is 0 Å². The molecule has 0 saturated heterocycles. The molecule has 4 nitrogen and oxygen atoms in total. The fraction of sp³-hybridized carbons (Fsp3) is 0.875. The molecule has 0 aliphatic heterocycles. The molecule has 2 unspecified atom stereocenters. The molecule has 0 aromatic carbocycles. The van der Waals surface area contributed by atoms with Crippen molar-refractivity contribution in [1.82, 2.24) is 0 Å². The largest absolute Gasteiger partial charge is 0.462 e. The van der Waals surface area contributed by atoms with Crippen molar-refractivity contribution in [2.24, 2.45) is 5.92 Å². The Kier molecular flexibility index (Phi) is 10.1. The molecule has 2 atom stereocenters. The number of carbonyl (C=O) groups is 2. The first-order valence-corrected chi connectivity index (χ1v) is 7.79. The Bertz CT molecular complexity index is 286. The van der Waals surface area contributed by atoms with E-state index in [-0.39, 0.29) is 37.0 Å². The van der Waals surface area contributed by atoms with Crippen LogP contribution in [0.1, 0.15) is 73.1 Å². The molecule has 0 aromatic heterocycles. The SMILES string of the molecule is CCCC(CC)OC(=O)CCCC(=O)OC(C)C(C)C. The molecule has 0 bridgehead atoms. The summed E-state index contributed by atoms with van der Waals surface area (Å²) in [6, 6.07) is 0. The van der Waals surface area contributed by atoms with Gasteiger partial charge in [-0.15, -0.1) is 0 Å². The predicted octanol–water partition coefficient (Wildman–Crippen LogP) is 3.87. The van der Waals surface area contributed by atoms with Crippen molar-refractivity contribution in [3.05, 3.63) is 0 Å². The Balaban J connectivity index is 3.83. The first kappa shape index (κ1) is 18.9. The van der Waals surface area contributed by atoms with Crippen LogP contribution in [0.3, 0.4) is 0 Å². The number of esters is 2. The third-order valence-corrected chi connectivity index (χ3v) is 3.38. The summed E-state index contributed by atoms with van der Waals surface area (Å²) in [5.41, 5.74) is 0. The lowest BCUT2D eigenvalue weighted by Gasteiger charge is -2.17. The van der Waals surface area contributed by atoms with Gasteiger partial charge in [0.25, 0.3) is 0 Å². The fourth-order valence-corrected chi connectivity index (χ4v) is 1.69. The zero-order chi connectivity index (χ0) is 15.5. The Morgan fingerprint density at radius 1 is 0.950 bits per heavy atom. The molecule has 0 saturated carbocycles. The molecule has 0 radical (unpaired) electrons. The highest BCUT2D eigenvalue weighted by atomic mass is 16.5. The van der Waals surface area contributed by atoms with Crippen LogP contribution >= 0.6 is 0 Å². The van der Waals surface area contributed by atoms with Gasteiger partial charge in [0.15, 0.2) is 0 Å². The number of hydrogen-bond donors (Lipinski definition) is 0. The summed E-state index contributed by atoms with van der Waals surface area (Å²) in [5, 5.41) is 0. The van der Waals surface area contributed by atoms with Crippen molar-refractivity contribution in [2.75, 3.05) is 0 Å². The van der Waals surface area contributed by atoms with E-state index < -0.39 is 0 Å². The maximum Gasteiger partial charge on any atom is 0.306 e. The van der Waals surface area contributed by atoms with Crippen molar-refractivity contribution in [1.29, 1.82) is 0 Å². The van der Waals surface area contributed by atoms with Crippen LogP contribution in [0.15, 0.2) is 0 Å². The standard InChI is InChI=1S/C16H30O4/c1-6-9-14(7-2)20-16(18)11-8-10-15(17)19-13(5)12(3)4/h12-14H,6-11H2,1-5H3. The van der Waals surface area contributed by atoms with Crippen molar-refractivity contribution < 1.29 is 19.1 Å². The lowest BCUT2D eigenvalue weighted by Crippen LogP contribution is -2.20. The van der Waals surface area contributed by atoms with Crippen LogP contribution in [0, 0.1) is 5.92 Å². The quantitative estimate of drug-likeness (QED) is 0.572. The van der Waals surface area contributed by atoms with Crippen LogP contribution in [0.5, 0.6) is 0 Å². The van der Waals surface area contributed by atoms with E-state index in [0.29, 0.717) is 12.3 Å². The third-order valence-electron chi connectivity index (χ3n) is 3.38. The van der Waals surface area contributed by atoms with Crippen LogP contribution in [0.4, 0.5) is 0 Å². The van der Waals surface area contributed by atoms with E-state index in [4.69, 9.17) is 9.47 Å². The van der Waals surface area contributed by atoms with Gasteiger partial charge < -0.3 is 9.47 Å². The van der Waals surface area contributed by atoms with E-state index in [1.807, 2.05) is 27.7 Å². The summed E-state index contributed by atoms with van der Waals surface area (Å²) in [7, 11) is 0. The second-order valence-electron chi connectivity index (χ2n) is 5.60. The summed E-state index contributed by atoms with van der Waals surface area (Å²) in [5.74, 6) is -0.141. The highest BCUT2D eigenvalue weighted by Gasteiger charge is 2.15. The van der Waals surface area contributed by atoms with Crippen molar-refractivity contribution in [2.45, 2.75) is 85.4 Å². The lowest BCUT2D eigenvalue weighted by molar-refractivity contribution is -0.151. The summed E-state index contributed by atoms with van der Waals surface area (Å²) < 4.78 is 10.6. The zero-order valence-electron chi connectivity index (χ0n) is 13.6. The molecule has 118 valence electrons. The lowest BCUT2D eigenvalue weighted by atomic mass is 10.1. The van der Waals surface area contributed by atoms with Crippen LogP contribution in [0.2, 0.25) is 0 Å². The predicted molar refractivity (Wildman–Crippen MR) is 79.3 cm³/mol. The van der Waals surface area contributed by atoms with E-state index >= 15 is 0 Å². The average molecular weight is 286 g/mol. The number of rotatable bonds is 10. The summed E-state index contributed by atoms with van der Waals surface area (Å²) in [4.78, 5) is 23.2. The molecule has 0 aliphatic rings. The summed E-state index contributed by atoms with van der Waals surface area (Å²) in [6.07, 6.45) is 3.73. The second-order valence-corrected chi connectivity index (χ2v) is 5.60. The molecule has 0 aliphatic carbocycles. The van der Waals surface area contributed by atoms with Gasteiger partial charge in [-0.1, -0.05) is 34.1 Å². The molecule has 0 heterocycles. The molecule has 0 aromatic rings. The molecule has 0 amide bonds. The number of ether oxygens (including phenoxy) is 2. The van der Waals surface area contributed by atoms with E-state index in [2.05, 4.69) is 6.92 Å². The van der Waals surface area contributed by atoms with Crippen LogP contribution < -0.4 is 0 Å². The topological polar surface area (TPSA) is 52.6 Å². The fourth-order valence-electron chi connectivity index (χ4n) is 1.69. The van der Waals surface area contributed by atoms with Gasteiger partial charge in [0, 0.05) is 12.8 Å². The Hall–Kier alpha value is -1.06. The van der Waals surface area contributed by atoms with Gasteiger partial charge >= 0.3 is 11.9 Å². The van der Waals surface area contributed by atoms with E-state index in [1.54, 1.807) is 0 Å². The Labute approximate surface area is 123 Å². The molecule has 20 heavy (non-hydrogen) atoms. The Morgan fingerprint density at radius 3 is 1.95 bits per heavy atom. The molecule has 0 fully saturated rings. The Morgan fingerprint density at radius 2 is 1.50 bits per heavy atom. The van der Waals surface area contributed by atoms with Crippen molar-refractivity contribution in [3.63, 3.8) is 0 Å². The minimum Gasteiger partial charge on any atom is -0.462 e. The van der Waals surface area contributed by atoms with E-state index in [1.165, 1.54) is 0 Å². The second kappa shape index (κ2) is 10.7. The molecular weight excluding hydrogens is 256 g/mol. The monoisotopic (exact) mass is 286 g/mol. The third kappa shape index (κ3) is 8.94. The maximum atomic E-state index is 11.6. The number of hydrogen-bond acceptors (Lipinski definition) is 4. The summed E-state index contributed by atoms with van der Waals surface area (Å²) >= 11 is 0. The average Bonchev–Trinajstić information content (AvgIpc) is 2.37. The molecular formula is C16H30O4.